The van der Waals surface area contributed by atoms with E-state index in [1.165, 1.54) is 6.08 Å². The van der Waals surface area contributed by atoms with Gasteiger partial charge in [-0.15, -0.1) is 11.6 Å². The molecule has 11 unspecified atom stereocenters. The van der Waals surface area contributed by atoms with E-state index in [1.807, 2.05) is 4.90 Å². The smallest absolute Gasteiger partial charge is 0.320 e. The largest absolute Gasteiger partial charge is 0.353 e. The van der Waals surface area contributed by atoms with Crippen molar-refractivity contribution in [3.8, 4) is 0 Å². The molecule has 2 aliphatic carbocycles. The Morgan fingerprint density at radius 2 is 1.93 bits per heavy atom. The molecule has 4 N–H and O–H groups in total. The third-order valence-electron chi connectivity index (χ3n) is 11.7. The number of thioether (sulfide) groups is 1. The van der Waals surface area contributed by atoms with Gasteiger partial charge in [0.05, 0.1) is 18.4 Å². The Hall–Kier alpha value is -1.60. The summed E-state index contributed by atoms with van der Waals surface area (Å²) in [4.78, 5) is 46.6. The second-order valence-electron chi connectivity index (χ2n) is 14.6. The van der Waals surface area contributed by atoms with Crippen molar-refractivity contribution in [3.05, 3.63) is 12.7 Å². The first-order chi connectivity index (χ1) is 21.7. The van der Waals surface area contributed by atoms with Crippen LogP contribution in [0.25, 0.3) is 0 Å². The molecule has 13 atom stereocenters. The quantitative estimate of drug-likeness (QED) is 0.271. The molecular formula is C32H49ClFN7O3S. The molecule has 0 radical (unpaired) electrons. The number of rotatable bonds is 3. The van der Waals surface area contributed by atoms with Crippen LogP contribution in [0.1, 0.15) is 58.8 Å². The zero-order chi connectivity index (χ0) is 31.6. The summed E-state index contributed by atoms with van der Waals surface area (Å²) in [7, 11) is 0. The fourth-order valence-electron chi connectivity index (χ4n) is 9.61. The third-order valence-corrected chi connectivity index (χ3v) is 13.6. The van der Waals surface area contributed by atoms with Crippen LogP contribution in [-0.2, 0) is 9.59 Å². The number of fused-ring (bicyclic) bond motifs is 6. The molecule has 0 spiro atoms. The predicted molar refractivity (Wildman–Crippen MR) is 173 cm³/mol. The highest BCUT2D eigenvalue weighted by Crippen LogP contribution is 2.46. The Labute approximate surface area is 275 Å². The molecule has 7 aliphatic rings. The molecule has 0 aromatic rings. The zero-order valence-electron chi connectivity index (χ0n) is 26.4. The lowest BCUT2D eigenvalue weighted by molar-refractivity contribution is -0.129. The van der Waals surface area contributed by atoms with Crippen molar-refractivity contribution < 1.29 is 18.8 Å². The van der Waals surface area contributed by atoms with E-state index in [4.69, 9.17) is 11.6 Å². The van der Waals surface area contributed by atoms with Gasteiger partial charge in [-0.2, -0.15) is 11.8 Å². The van der Waals surface area contributed by atoms with Crippen LogP contribution in [0.5, 0.6) is 0 Å². The molecule has 13 heteroatoms. The summed E-state index contributed by atoms with van der Waals surface area (Å²) >= 11 is 9.08. The van der Waals surface area contributed by atoms with Gasteiger partial charge in [0.2, 0.25) is 11.8 Å². The topological polar surface area (TPSA) is 109 Å². The van der Waals surface area contributed by atoms with Crippen LogP contribution in [0.4, 0.5) is 9.18 Å². The number of halogens is 2. The maximum atomic E-state index is 16.0. The Morgan fingerprint density at radius 3 is 2.71 bits per heavy atom. The van der Waals surface area contributed by atoms with E-state index in [-0.39, 0.29) is 88.9 Å². The van der Waals surface area contributed by atoms with Gasteiger partial charge in [0.15, 0.2) is 0 Å². The van der Waals surface area contributed by atoms with Crippen molar-refractivity contribution in [2.24, 2.45) is 17.8 Å². The van der Waals surface area contributed by atoms with Crippen molar-refractivity contribution in [3.63, 3.8) is 0 Å². The monoisotopic (exact) mass is 665 g/mol. The Balaban J connectivity index is 1.26. The number of carbonyl (C=O) groups excluding carboxylic acids is 3. The van der Waals surface area contributed by atoms with E-state index in [9.17, 15) is 14.4 Å². The van der Waals surface area contributed by atoms with E-state index in [1.54, 1.807) is 11.8 Å². The normalized spacial score (nSPS) is 45.4. The van der Waals surface area contributed by atoms with Crippen molar-refractivity contribution in [2.45, 2.75) is 124 Å². The number of piperazine rings is 1. The number of hydrogen-bond acceptors (Lipinski definition) is 7. The summed E-state index contributed by atoms with van der Waals surface area (Å²) in [5, 5.41) is 14.0. The molecule has 250 valence electrons. The second kappa shape index (κ2) is 12.8. The summed E-state index contributed by atoms with van der Waals surface area (Å²) in [5.41, 5.74) is 0. The molecule has 0 aromatic heterocycles. The molecule has 45 heavy (non-hydrogen) atoms. The maximum Gasteiger partial charge on any atom is 0.320 e. The number of amides is 4. The maximum absolute atomic E-state index is 16.0. The fraction of sp³-hybridized carbons (Fsp3) is 0.844. The van der Waals surface area contributed by atoms with Crippen molar-refractivity contribution >= 4 is 41.2 Å². The first-order valence-electron chi connectivity index (χ1n) is 17.1. The molecule has 7 rings (SSSR count). The minimum atomic E-state index is -1.09. The molecule has 2 saturated carbocycles. The minimum Gasteiger partial charge on any atom is -0.353 e. The van der Waals surface area contributed by atoms with Gasteiger partial charge in [0.1, 0.15) is 6.17 Å². The van der Waals surface area contributed by atoms with E-state index < -0.39 is 12.1 Å². The zero-order valence-corrected chi connectivity index (χ0v) is 27.9. The molecule has 5 saturated heterocycles. The van der Waals surface area contributed by atoms with Gasteiger partial charge in [-0.1, -0.05) is 20.4 Å². The lowest BCUT2D eigenvalue weighted by Crippen LogP contribution is -2.80. The van der Waals surface area contributed by atoms with Crippen LogP contribution in [0.15, 0.2) is 12.7 Å². The Morgan fingerprint density at radius 1 is 1.11 bits per heavy atom. The molecule has 2 bridgehead atoms. The molecule has 4 amide bonds. The van der Waals surface area contributed by atoms with Crippen molar-refractivity contribution in [1.82, 2.24) is 36.0 Å². The molecule has 10 nitrogen and oxygen atoms in total. The lowest BCUT2D eigenvalue weighted by Gasteiger charge is -2.59. The van der Waals surface area contributed by atoms with Crippen LogP contribution in [0.2, 0.25) is 0 Å². The summed E-state index contributed by atoms with van der Waals surface area (Å²) < 4.78 is 16.0. The van der Waals surface area contributed by atoms with Crippen LogP contribution in [-0.4, -0.2) is 123 Å². The molecule has 5 aliphatic heterocycles. The van der Waals surface area contributed by atoms with Gasteiger partial charge in [-0.05, 0) is 57.1 Å². The van der Waals surface area contributed by atoms with Gasteiger partial charge >= 0.3 is 6.03 Å². The van der Waals surface area contributed by atoms with Gasteiger partial charge in [-0.3, -0.25) is 19.8 Å². The second-order valence-corrected chi connectivity index (χ2v) is 16.5. The van der Waals surface area contributed by atoms with Gasteiger partial charge < -0.3 is 25.8 Å². The third kappa shape index (κ3) is 5.78. The fourth-order valence-corrected chi connectivity index (χ4v) is 11.4. The molecular weight excluding hydrogens is 617 g/mol. The minimum absolute atomic E-state index is 0.0276. The van der Waals surface area contributed by atoms with Gasteiger partial charge in [0, 0.05) is 77.9 Å². The number of nitrogens with one attached hydrogen (secondary N) is 4. The van der Waals surface area contributed by atoms with E-state index in [2.05, 4.69) is 51.5 Å². The number of urea groups is 1. The summed E-state index contributed by atoms with van der Waals surface area (Å²) in [5.74, 6) is 0.369. The number of hydrogen-bond donors (Lipinski definition) is 4. The summed E-state index contributed by atoms with van der Waals surface area (Å²) in [6.45, 7) is 10.2. The van der Waals surface area contributed by atoms with Crippen molar-refractivity contribution in [1.29, 1.82) is 0 Å². The first kappa shape index (κ1) is 32.0. The van der Waals surface area contributed by atoms with E-state index >= 15 is 4.39 Å². The first-order valence-corrected chi connectivity index (χ1v) is 18.6. The Bertz CT molecular complexity index is 1180. The predicted octanol–water partition coefficient (Wildman–Crippen LogP) is 2.24. The highest BCUT2D eigenvalue weighted by Gasteiger charge is 2.60. The average molecular weight is 666 g/mol. The van der Waals surface area contributed by atoms with E-state index in [0.29, 0.717) is 38.1 Å². The average Bonchev–Trinajstić information content (AvgIpc) is 3.81. The SMILES string of the molecule is C=CC(=O)N1CCN(C2NC(=O)N3C4NC(C(Cl)CC42)C2C(F)CCCC2NC(=O)CCSC2CCNC(C(C)C)C23)[C@@H]2C[C@@H]21. The molecule has 0 aromatic carbocycles. The lowest BCUT2D eigenvalue weighted by atomic mass is 9.73. The number of carbonyl (C=O) groups is 3. The van der Waals surface area contributed by atoms with Gasteiger partial charge in [0.25, 0.3) is 0 Å². The molecule has 7 fully saturated rings. The summed E-state index contributed by atoms with van der Waals surface area (Å²) in [6, 6.07) is -0.517. The van der Waals surface area contributed by atoms with Crippen LogP contribution in [0, 0.1) is 17.8 Å². The van der Waals surface area contributed by atoms with Crippen LogP contribution < -0.4 is 21.3 Å². The summed E-state index contributed by atoms with van der Waals surface area (Å²) in [6.07, 6.45) is 4.39. The van der Waals surface area contributed by atoms with Crippen molar-refractivity contribution in [2.75, 3.05) is 25.4 Å². The van der Waals surface area contributed by atoms with Gasteiger partial charge in [-0.25, -0.2) is 9.18 Å². The highest BCUT2D eigenvalue weighted by atomic mass is 35.5. The standard InChI is InChI=1S/C32H49ClFN7O3S/c1-4-25(43)39-11-12-40(22-15-21(22)39)30-17-14-18(33)28-26-19(34)6-5-7-20(26)36-24(42)9-13-45-23-8-10-35-27(16(2)3)29(23)41(31(17)37-28)32(44)38-30/h4,16-23,26-31,35,37H,1,5-15H2,2-3H3,(H,36,42)(H,38,44)/t17?,18?,19?,20?,21-,22+,23?,26?,27?,28?,29?,30?,31?/m0/s1. The van der Waals surface area contributed by atoms with Crippen LogP contribution in [0.3, 0.4) is 0 Å². The Kier molecular flexibility index (Phi) is 9.08. The number of alkyl halides is 2. The highest BCUT2D eigenvalue weighted by molar-refractivity contribution is 8.00. The number of piperidine rings is 2. The van der Waals surface area contributed by atoms with Crippen LogP contribution >= 0.6 is 23.4 Å². The van der Waals surface area contributed by atoms with E-state index in [0.717, 1.165) is 32.2 Å². The molecule has 5 heterocycles. The number of nitrogens with zero attached hydrogens (tertiary/aromatic N) is 3.